The van der Waals surface area contributed by atoms with Crippen LogP contribution in [0.25, 0.3) is 0 Å². The average Bonchev–Trinajstić information content (AvgIpc) is 2.51. The molecule has 0 saturated carbocycles. The van der Waals surface area contributed by atoms with Crippen molar-refractivity contribution in [1.82, 2.24) is 15.6 Å². The number of aliphatic imine (C=N–C) groups is 1. The molecule has 0 aliphatic heterocycles. The lowest BCUT2D eigenvalue weighted by Crippen LogP contribution is -2.42. The molecule has 0 aliphatic rings. The summed E-state index contributed by atoms with van der Waals surface area (Å²) in [5.74, 6) is 2.21. The Bertz CT molecular complexity index is 466. The van der Waals surface area contributed by atoms with Gasteiger partial charge in [-0.1, -0.05) is 19.9 Å². The normalized spacial score (nSPS) is 12.5. The maximum Gasteiger partial charge on any atom is 0.218 e. The molecule has 1 aromatic rings. The Morgan fingerprint density at radius 2 is 2.04 bits per heavy atom. The van der Waals surface area contributed by atoms with Gasteiger partial charge in [0.15, 0.2) is 5.96 Å². The molecule has 1 unspecified atom stereocenters. The molecular weight excluding hydrogens is 403 g/mol. The highest BCUT2D eigenvalue weighted by Gasteiger charge is 2.08. The quantitative estimate of drug-likeness (QED) is 0.373. The van der Waals surface area contributed by atoms with Crippen molar-refractivity contribution in [3.63, 3.8) is 0 Å². The van der Waals surface area contributed by atoms with Crippen molar-refractivity contribution in [3.8, 4) is 5.88 Å². The summed E-state index contributed by atoms with van der Waals surface area (Å²) in [7, 11) is 1.79. The number of aromatic nitrogens is 1. The molecule has 0 aliphatic carbocycles. The molecule has 1 aromatic heterocycles. The Morgan fingerprint density at radius 1 is 1.30 bits per heavy atom. The number of pyridine rings is 1. The molecule has 1 rings (SSSR count). The predicted molar refractivity (Wildman–Crippen MR) is 108 cm³/mol. The highest BCUT2D eigenvalue weighted by atomic mass is 127. The van der Waals surface area contributed by atoms with Gasteiger partial charge in [0.05, 0.1) is 6.61 Å². The SMILES string of the molecule is CCOc1ncccc1CNC(=NC)NC(C)CCC(C)C.I. The van der Waals surface area contributed by atoms with E-state index in [-0.39, 0.29) is 24.0 Å². The molecular formula is C17H31IN4O. The molecule has 23 heavy (non-hydrogen) atoms. The minimum atomic E-state index is 0. The fraction of sp³-hybridized carbons (Fsp3) is 0.647. The van der Waals surface area contributed by atoms with Crippen molar-refractivity contribution in [2.75, 3.05) is 13.7 Å². The van der Waals surface area contributed by atoms with Crippen molar-refractivity contribution >= 4 is 29.9 Å². The lowest BCUT2D eigenvalue weighted by Gasteiger charge is -2.19. The van der Waals surface area contributed by atoms with Crippen LogP contribution in [-0.4, -0.2) is 30.6 Å². The van der Waals surface area contributed by atoms with Gasteiger partial charge in [-0.25, -0.2) is 4.98 Å². The van der Waals surface area contributed by atoms with E-state index in [2.05, 4.69) is 41.4 Å². The van der Waals surface area contributed by atoms with Crippen molar-refractivity contribution in [3.05, 3.63) is 23.9 Å². The van der Waals surface area contributed by atoms with Crippen molar-refractivity contribution in [2.24, 2.45) is 10.9 Å². The molecule has 0 spiro atoms. The standard InChI is InChI=1S/C17H30N4O.HI/c1-6-22-16-15(8-7-11-19-16)12-20-17(18-5)21-14(4)10-9-13(2)3;/h7-8,11,13-14H,6,9-10,12H2,1-5H3,(H2,18,20,21);1H. The van der Waals surface area contributed by atoms with Crippen LogP contribution in [0.5, 0.6) is 5.88 Å². The van der Waals surface area contributed by atoms with Crippen LogP contribution >= 0.6 is 24.0 Å². The molecule has 5 nitrogen and oxygen atoms in total. The Kier molecular flexibility index (Phi) is 11.8. The van der Waals surface area contributed by atoms with Crippen LogP contribution in [0.4, 0.5) is 0 Å². The number of nitrogens with zero attached hydrogens (tertiary/aromatic N) is 2. The molecule has 1 heterocycles. The van der Waals surface area contributed by atoms with Crippen LogP contribution in [0.1, 0.15) is 46.1 Å². The van der Waals surface area contributed by atoms with Gasteiger partial charge in [0.2, 0.25) is 5.88 Å². The van der Waals surface area contributed by atoms with E-state index in [0.29, 0.717) is 25.1 Å². The fourth-order valence-corrected chi connectivity index (χ4v) is 2.09. The van der Waals surface area contributed by atoms with Crippen molar-refractivity contribution in [1.29, 1.82) is 0 Å². The van der Waals surface area contributed by atoms with Crippen LogP contribution in [0.15, 0.2) is 23.3 Å². The van der Waals surface area contributed by atoms with Gasteiger partial charge in [0.25, 0.3) is 0 Å². The summed E-state index contributed by atoms with van der Waals surface area (Å²) in [5.41, 5.74) is 1.03. The first-order valence-corrected chi connectivity index (χ1v) is 8.10. The second-order valence-electron chi connectivity index (χ2n) is 5.84. The first-order valence-electron chi connectivity index (χ1n) is 8.10. The molecule has 0 saturated heterocycles. The largest absolute Gasteiger partial charge is 0.478 e. The van der Waals surface area contributed by atoms with Gasteiger partial charge in [-0.2, -0.15) is 0 Å². The molecule has 6 heteroatoms. The Balaban J connectivity index is 0.00000484. The summed E-state index contributed by atoms with van der Waals surface area (Å²) in [5, 5.41) is 6.74. The molecule has 0 bridgehead atoms. The van der Waals surface area contributed by atoms with E-state index in [0.717, 1.165) is 23.9 Å². The number of halogens is 1. The zero-order chi connectivity index (χ0) is 16.4. The number of hydrogen-bond acceptors (Lipinski definition) is 3. The van der Waals surface area contributed by atoms with Gasteiger partial charge in [0.1, 0.15) is 0 Å². The Hall–Kier alpha value is -1.05. The third-order valence-electron chi connectivity index (χ3n) is 3.36. The lowest BCUT2D eigenvalue weighted by atomic mass is 10.0. The van der Waals surface area contributed by atoms with Gasteiger partial charge in [-0.3, -0.25) is 4.99 Å². The maximum atomic E-state index is 5.54. The van der Waals surface area contributed by atoms with Crippen LogP contribution in [0.3, 0.4) is 0 Å². The minimum Gasteiger partial charge on any atom is -0.478 e. The molecule has 0 amide bonds. The van der Waals surface area contributed by atoms with E-state index in [1.807, 2.05) is 19.1 Å². The van der Waals surface area contributed by atoms with E-state index in [1.165, 1.54) is 6.42 Å². The van der Waals surface area contributed by atoms with Crippen molar-refractivity contribution in [2.45, 2.75) is 53.1 Å². The van der Waals surface area contributed by atoms with Gasteiger partial charge in [-0.05, 0) is 38.7 Å². The third kappa shape index (κ3) is 8.98. The average molecular weight is 434 g/mol. The van der Waals surface area contributed by atoms with E-state index < -0.39 is 0 Å². The number of hydrogen-bond donors (Lipinski definition) is 2. The third-order valence-corrected chi connectivity index (χ3v) is 3.36. The fourth-order valence-electron chi connectivity index (χ4n) is 2.09. The first-order chi connectivity index (χ1) is 10.6. The van der Waals surface area contributed by atoms with Crippen LogP contribution in [0, 0.1) is 5.92 Å². The van der Waals surface area contributed by atoms with E-state index in [4.69, 9.17) is 4.74 Å². The molecule has 0 fully saturated rings. The Labute approximate surface area is 157 Å². The van der Waals surface area contributed by atoms with Gasteiger partial charge in [-0.15, -0.1) is 24.0 Å². The molecule has 1 atom stereocenters. The summed E-state index contributed by atoms with van der Waals surface area (Å²) in [4.78, 5) is 8.54. The number of ether oxygens (including phenoxy) is 1. The second-order valence-corrected chi connectivity index (χ2v) is 5.84. The molecule has 2 N–H and O–H groups in total. The predicted octanol–water partition coefficient (Wildman–Crippen LogP) is 3.59. The molecule has 0 aromatic carbocycles. The molecule has 0 radical (unpaired) electrons. The van der Waals surface area contributed by atoms with Gasteiger partial charge in [0, 0.05) is 31.4 Å². The summed E-state index contributed by atoms with van der Waals surface area (Å²) < 4.78 is 5.54. The number of guanidine groups is 1. The minimum absolute atomic E-state index is 0. The summed E-state index contributed by atoms with van der Waals surface area (Å²) >= 11 is 0. The van der Waals surface area contributed by atoms with Gasteiger partial charge < -0.3 is 15.4 Å². The first kappa shape index (κ1) is 21.9. The topological polar surface area (TPSA) is 58.5 Å². The van der Waals surface area contributed by atoms with E-state index >= 15 is 0 Å². The maximum absolute atomic E-state index is 5.54. The number of nitrogens with one attached hydrogen (secondary N) is 2. The van der Waals surface area contributed by atoms with E-state index in [1.54, 1.807) is 13.2 Å². The number of rotatable bonds is 8. The van der Waals surface area contributed by atoms with Crippen molar-refractivity contribution < 1.29 is 4.74 Å². The smallest absolute Gasteiger partial charge is 0.218 e. The van der Waals surface area contributed by atoms with Crippen LogP contribution < -0.4 is 15.4 Å². The highest BCUT2D eigenvalue weighted by molar-refractivity contribution is 14.0. The second kappa shape index (κ2) is 12.4. The summed E-state index contributed by atoms with van der Waals surface area (Å²) in [6.07, 6.45) is 4.09. The zero-order valence-electron chi connectivity index (χ0n) is 14.9. The van der Waals surface area contributed by atoms with E-state index in [9.17, 15) is 0 Å². The van der Waals surface area contributed by atoms with Crippen LogP contribution in [0.2, 0.25) is 0 Å². The lowest BCUT2D eigenvalue weighted by molar-refractivity contribution is 0.322. The molecule has 132 valence electrons. The zero-order valence-corrected chi connectivity index (χ0v) is 17.3. The Morgan fingerprint density at radius 3 is 2.65 bits per heavy atom. The van der Waals surface area contributed by atoms with Crippen LogP contribution in [-0.2, 0) is 6.54 Å². The highest BCUT2D eigenvalue weighted by Crippen LogP contribution is 2.13. The summed E-state index contributed by atoms with van der Waals surface area (Å²) in [6.45, 7) is 9.89. The van der Waals surface area contributed by atoms with Gasteiger partial charge >= 0.3 is 0 Å². The monoisotopic (exact) mass is 434 g/mol. The summed E-state index contributed by atoms with van der Waals surface area (Å²) in [6, 6.07) is 4.33.